The summed E-state index contributed by atoms with van der Waals surface area (Å²) in [6, 6.07) is 12.3. The SMILES string of the molecule is O=C(C=Cc1ccc(C(=O)O)cc1)/C=C/c1ccc(C(=O)O)cc1. The molecular formula is C19H14O5. The summed E-state index contributed by atoms with van der Waals surface area (Å²) < 4.78 is 0. The Morgan fingerprint density at radius 3 is 1.25 bits per heavy atom. The maximum Gasteiger partial charge on any atom is 0.335 e. The van der Waals surface area contributed by atoms with E-state index >= 15 is 0 Å². The number of benzene rings is 2. The smallest absolute Gasteiger partial charge is 0.335 e. The topological polar surface area (TPSA) is 91.7 Å². The highest BCUT2D eigenvalue weighted by molar-refractivity contribution is 6.04. The van der Waals surface area contributed by atoms with E-state index in [-0.39, 0.29) is 16.9 Å². The van der Waals surface area contributed by atoms with Crippen molar-refractivity contribution in [2.45, 2.75) is 0 Å². The van der Waals surface area contributed by atoms with Gasteiger partial charge in [-0.1, -0.05) is 36.4 Å². The highest BCUT2D eigenvalue weighted by atomic mass is 16.4. The van der Waals surface area contributed by atoms with Crippen LogP contribution in [0.1, 0.15) is 31.8 Å². The van der Waals surface area contributed by atoms with E-state index in [4.69, 9.17) is 10.2 Å². The van der Waals surface area contributed by atoms with Crippen LogP contribution < -0.4 is 0 Å². The van der Waals surface area contributed by atoms with E-state index < -0.39 is 11.9 Å². The number of aromatic carboxylic acids is 2. The predicted octanol–water partition coefficient (Wildman–Crippen LogP) is 3.38. The molecule has 0 bridgehead atoms. The Hall–Kier alpha value is -3.47. The minimum atomic E-state index is -1.00. The number of carbonyl (C=O) groups excluding carboxylic acids is 1. The van der Waals surface area contributed by atoms with Gasteiger partial charge in [-0.15, -0.1) is 0 Å². The summed E-state index contributed by atoms with van der Waals surface area (Å²) in [7, 11) is 0. The zero-order valence-electron chi connectivity index (χ0n) is 12.5. The van der Waals surface area contributed by atoms with Gasteiger partial charge in [0.25, 0.3) is 0 Å². The maximum atomic E-state index is 11.8. The predicted molar refractivity (Wildman–Crippen MR) is 89.9 cm³/mol. The molecule has 0 saturated carbocycles. The van der Waals surface area contributed by atoms with E-state index in [2.05, 4.69) is 0 Å². The van der Waals surface area contributed by atoms with Crippen molar-refractivity contribution >= 4 is 29.9 Å². The van der Waals surface area contributed by atoms with Crippen LogP contribution in [0.3, 0.4) is 0 Å². The van der Waals surface area contributed by atoms with Crippen molar-refractivity contribution in [2.24, 2.45) is 0 Å². The van der Waals surface area contributed by atoms with Crippen molar-refractivity contribution in [3.8, 4) is 0 Å². The molecule has 2 rings (SSSR count). The monoisotopic (exact) mass is 322 g/mol. The van der Waals surface area contributed by atoms with Crippen LogP contribution in [0.15, 0.2) is 60.7 Å². The third-order valence-electron chi connectivity index (χ3n) is 3.20. The highest BCUT2D eigenvalue weighted by Gasteiger charge is 2.01. The molecule has 0 heterocycles. The number of carbonyl (C=O) groups is 3. The molecule has 5 nitrogen and oxygen atoms in total. The van der Waals surface area contributed by atoms with E-state index in [0.29, 0.717) is 11.1 Å². The third-order valence-corrected chi connectivity index (χ3v) is 3.20. The zero-order valence-corrected chi connectivity index (χ0v) is 12.5. The molecule has 0 saturated heterocycles. The van der Waals surface area contributed by atoms with Gasteiger partial charge >= 0.3 is 11.9 Å². The summed E-state index contributed by atoms with van der Waals surface area (Å²) in [5, 5.41) is 17.6. The molecule has 2 N–H and O–H groups in total. The van der Waals surface area contributed by atoms with Crippen LogP contribution >= 0.6 is 0 Å². The Morgan fingerprint density at radius 2 is 0.958 bits per heavy atom. The number of allylic oxidation sites excluding steroid dienone is 2. The standard InChI is InChI=1S/C19H14O5/c20-17(11-5-13-1-7-15(8-2-13)18(21)22)12-6-14-3-9-16(10-4-14)19(23)24/h1-12H,(H,21,22)(H,23,24)/b11-5+,12-6?. The van der Waals surface area contributed by atoms with Gasteiger partial charge in [-0.3, -0.25) is 4.79 Å². The van der Waals surface area contributed by atoms with Gasteiger partial charge in [0.1, 0.15) is 0 Å². The van der Waals surface area contributed by atoms with Crippen LogP contribution in [0.5, 0.6) is 0 Å². The van der Waals surface area contributed by atoms with Crippen molar-refractivity contribution in [3.05, 3.63) is 82.9 Å². The van der Waals surface area contributed by atoms with Gasteiger partial charge in [-0.2, -0.15) is 0 Å². The normalized spacial score (nSPS) is 11.0. The second kappa shape index (κ2) is 7.69. The van der Waals surface area contributed by atoms with Gasteiger partial charge in [-0.25, -0.2) is 9.59 Å². The number of hydrogen-bond donors (Lipinski definition) is 2. The fourth-order valence-electron chi connectivity index (χ4n) is 1.89. The Labute approximate surface area is 138 Å². The van der Waals surface area contributed by atoms with Crippen LogP contribution in [0.25, 0.3) is 12.2 Å². The maximum absolute atomic E-state index is 11.8. The Kier molecular flexibility index (Phi) is 5.41. The molecule has 0 atom stereocenters. The van der Waals surface area contributed by atoms with Crippen LogP contribution in [0.2, 0.25) is 0 Å². The number of carboxylic acids is 2. The van der Waals surface area contributed by atoms with E-state index in [1.54, 1.807) is 36.4 Å². The lowest BCUT2D eigenvalue weighted by molar-refractivity contribution is -0.110. The quantitative estimate of drug-likeness (QED) is 0.796. The van der Waals surface area contributed by atoms with Gasteiger partial charge in [0, 0.05) is 0 Å². The molecule has 0 amide bonds. The van der Waals surface area contributed by atoms with Crippen molar-refractivity contribution < 1.29 is 24.6 Å². The minimum absolute atomic E-state index is 0.184. The van der Waals surface area contributed by atoms with Gasteiger partial charge in [0.05, 0.1) is 11.1 Å². The van der Waals surface area contributed by atoms with E-state index in [0.717, 1.165) is 0 Å². The number of carboxylic acid groups (broad SMARTS) is 2. The Morgan fingerprint density at radius 1 is 0.625 bits per heavy atom. The lowest BCUT2D eigenvalue weighted by Crippen LogP contribution is -1.95. The molecule has 2 aromatic rings. The van der Waals surface area contributed by atoms with Crippen molar-refractivity contribution in [2.75, 3.05) is 0 Å². The molecule has 0 aliphatic heterocycles. The second-order valence-corrected chi connectivity index (χ2v) is 4.92. The van der Waals surface area contributed by atoms with Crippen molar-refractivity contribution in [3.63, 3.8) is 0 Å². The first-order valence-electron chi connectivity index (χ1n) is 7.02. The molecule has 0 aliphatic rings. The molecule has 0 aliphatic carbocycles. The second-order valence-electron chi connectivity index (χ2n) is 4.92. The van der Waals surface area contributed by atoms with Gasteiger partial charge in [-0.05, 0) is 47.5 Å². The third kappa shape index (κ3) is 4.78. The van der Waals surface area contributed by atoms with Crippen molar-refractivity contribution in [1.29, 1.82) is 0 Å². The molecule has 5 heteroatoms. The van der Waals surface area contributed by atoms with E-state index in [1.165, 1.54) is 36.4 Å². The minimum Gasteiger partial charge on any atom is -0.478 e. The summed E-state index contributed by atoms with van der Waals surface area (Å²) in [4.78, 5) is 33.3. The molecule has 0 aromatic heterocycles. The van der Waals surface area contributed by atoms with Crippen molar-refractivity contribution in [1.82, 2.24) is 0 Å². The van der Waals surface area contributed by atoms with Crippen LogP contribution in [-0.4, -0.2) is 27.9 Å². The Bertz CT molecular complexity index is 742. The van der Waals surface area contributed by atoms with Crippen LogP contribution in [-0.2, 0) is 4.79 Å². The van der Waals surface area contributed by atoms with Crippen LogP contribution in [0.4, 0.5) is 0 Å². The summed E-state index contributed by atoms with van der Waals surface area (Å²) in [6.07, 6.45) is 5.92. The van der Waals surface area contributed by atoms with E-state index in [1.807, 2.05) is 0 Å². The molecule has 0 unspecified atom stereocenters. The molecule has 0 fully saturated rings. The summed E-state index contributed by atoms with van der Waals surface area (Å²) in [5.41, 5.74) is 1.80. The average molecular weight is 322 g/mol. The lowest BCUT2D eigenvalue weighted by atomic mass is 10.1. The number of hydrogen-bond acceptors (Lipinski definition) is 3. The fraction of sp³-hybridized carbons (Fsp3) is 0. The summed E-state index contributed by atoms with van der Waals surface area (Å²) in [5.74, 6) is -2.24. The van der Waals surface area contributed by atoms with Gasteiger partial charge in [0.2, 0.25) is 0 Å². The summed E-state index contributed by atoms with van der Waals surface area (Å²) in [6.45, 7) is 0. The number of ketones is 1. The van der Waals surface area contributed by atoms with Gasteiger partial charge in [0.15, 0.2) is 5.78 Å². The fourth-order valence-corrected chi connectivity index (χ4v) is 1.89. The first-order valence-corrected chi connectivity index (χ1v) is 7.02. The molecule has 0 radical (unpaired) electrons. The first-order chi connectivity index (χ1) is 11.5. The molecule has 24 heavy (non-hydrogen) atoms. The molecule has 120 valence electrons. The first kappa shape index (κ1) is 16.9. The highest BCUT2D eigenvalue weighted by Crippen LogP contribution is 2.08. The van der Waals surface area contributed by atoms with E-state index in [9.17, 15) is 14.4 Å². The largest absolute Gasteiger partial charge is 0.478 e. The molecule has 2 aromatic carbocycles. The van der Waals surface area contributed by atoms with Gasteiger partial charge < -0.3 is 10.2 Å². The average Bonchev–Trinajstić information content (AvgIpc) is 2.58. The summed E-state index contributed by atoms with van der Waals surface area (Å²) >= 11 is 0. The Balaban J connectivity index is 1.98. The molecular weight excluding hydrogens is 308 g/mol. The molecule has 0 spiro atoms. The lowest BCUT2D eigenvalue weighted by Gasteiger charge is -1.96. The van der Waals surface area contributed by atoms with Crippen LogP contribution in [0, 0.1) is 0 Å². The number of rotatable bonds is 6. The zero-order chi connectivity index (χ0) is 17.5.